The largest absolute Gasteiger partial charge is 0.338 e. The number of amides is 2. The summed E-state index contributed by atoms with van der Waals surface area (Å²) in [6, 6.07) is 16.7. The average Bonchev–Trinajstić information content (AvgIpc) is 3.06. The number of para-hydroxylation sites is 2. The maximum Gasteiger partial charge on any atom is 0.314 e. The zero-order valence-corrected chi connectivity index (χ0v) is 17.0. The second-order valence-electron chi connectivity index (χ2n) is 7.63. The zero-order chi connectivity index (χ0) is 20.1. The van der Waals surface area contributed by atoms with Crippen molar-refractivity contribution in [1.29, 1.82) is 0 Å². The van der Waals surface area contributed by atoms with Gasteiger partial charge in [-0.25, -0.2) is 9.78 Å². The summed E-state index contributed by atoms with van der Waals surface area (Å²) in [5.74, 6) is 1.01. The van der Waals surface area contributed by atoms with Gasteiger partial charge in [0.1, 0.15) is 5.82 Å². The van der Waals surface area contributed by atoms with E-state index >= 15 is 0 Å². The molecule has 0 radical (unpaired) electrons. The fourth-order valence-electron chi connectivity index (χ4n) is 4.05. The van der Waals surface area contributed by atoms with E-state index in [1.807, 2.05) is 25.1 Å². The van der Waals surface area contributed by atoms with Crippen molar-refractivity contribution >= 4 is 17.1 Å². The van der Waals surface area contributed by atoms with Crippen LogP contribution in [0.2, 0.25) is 0 Å². The molecule has 0 spiro atoms. The number of urea groups is 1. The molecule has 0 saturated carbocycles. The Kier molecular flexibility index (Phi) is 6.10. The van der Waals surface area contributed by atoms with Crippen molar-refractivity contribution in [2.24, 2.45) is 0 Å². The van der Waals surface area contributed by atoms with Gasteiger partial charge in [-0.05, 0) is 43.0 Å². The molecule has 4 rings (SSSR count). The third-order valence-electron chi connectivity index (χ3n) is 5.61. The molecule has 2 heterocycles. The highest BCUT2D eigenvalue weighted by Gasteiger charge is 2.15. The minimum atomic E-state index is -0.0883. The Labute approximate surface area is 171 Å². The van der Waals surface area contributed by atoms with E-state index in [1.165, 1.54) is 11.1 Å². The molecule has 0 aliphatic carbocycles. The Morgan fingerprint density at radius 1 is 1.00 bits per heavy atom. The number of hydrogen-bond donors (Lipinski definition) is 2. The van der Waals surface area contributed by atoms with Gasteiger partial charge in [0.15, 0.2) is 0 Å². The topological polar surface area (TPSA) is 62.2 Å². The summed E-state index contributed by atoms with van der Waals surface area (Å²) >= 11 is 0. The first kappa shape index (κ1) is 19.5. The predicted octanol–water partition coefficient (Wildman–Crippen LogP) is 3.09. The maximum absolute atomic E-state index is 12.1. The third-order valence-corrected chi connectivity index (χ3v) is 5.61. The highest BCUT2D eigenvalue weighted by molar-refractivity contribution is 5.76. The molecular weight excluding hydrogens is 362 g/mol. The molecule has 1 aliphatic heterocycles. The van der Waals surface area contributed by atoms with E-state index in [0.717, 1.165) is 55.9 Å². The second-order valence-corrected chi connectivity index (χ2v) is 7.63. The molecule has 6 nitrogen and oxygen atoms in total. The Morgan fingerprint density at radius 2 is 1.76 bits per heavy atom. The second kappa shape index (κ2) is 9.09. The van der Waals surface area contributed by atoms with Gasteiger partial charge in [0, 0.05) is 39.3 Å². The fourth-order valence-corrected chi connectivity index (χ4v) is 4.05. The van der Waals surface area contributed by atoms with Crippen LogP contribution in [0.5, 0.6) is 0 Å². The van der Waals surface area contributed by atoms with Crippen LogP contribution in [0.15, 0.2) is 48.5 Å². The summed E-state index contributed by atoms with van der Waals surface area (Å²) in [5, 5.41) is 5.94. The summed E-state index contributed by atoms with van der Waals surface area (Å²) in [6.07, 6.45) is 1.96. The number of carbonyl (C=O) groups is 1. The number of aryl methyl sites for hydroxylation is 2. The Bertz CT molecular complexity index is 980. The van der Waals surface area contributed by atoms with E-state index in [1.54, 1.807) is 0 Å². The number of carbonyl (C=O) groups excluding carboxylic acids is 1. The third kappa shape index (κ3) is 4.77. The maximum atomic E-state index is 12.1. The molecule has 0 atom stereocenters. The first-order valence-corrected chi connectivity index (χ1v) is 10.4. The van der Waals surface area contributed by atoms with Gasteiger partial charge >= 0.3 is 6.03 Å². The van der Waals surface area contributed by atoms with E-state index in [9.17, 15) is 4.79 Å². The summed E-state index contributed by atoms with van der Waals surface area (Å²) in [5.41, 5.74) is 5.04. The molecule has 0 bridgehead atoms. The molecule has 0 saturated heterocycles. The average molecular weight is 392 g/mol. The van der Waals surface area contributed by atoms with Crippen molar-refractivity contribution in [3.8, 4) is 0 Å². The molecule has 2 N–H and O–H groups in total. The van der Waals surface area contributed by atoms with Crippen molar-refractivity contribution < 1.29 is 4.79 Å². The normalized spacial score (nSPS) is 14.0. The van der Waals surface area contributed by atoms with Gasteiger partial charge in [-0.1, -0.05) is 36.4 Å². The van der Waals surface area contributed by atoms with Gasteiger partial charge in [-0.15, -0.1) is 0 Å². The van der Waals surface area contributed by atoms with E-state index in [4.69, 9.17) is 0 Å². The van der Waals surface area contributed by atoms with Crippen molar-refractivity contribution in [1.82, 2.24) is 25.1 Å². The number of benzene rings is 2. The first-order valence-electron chi connectivity index (χ1n) is 10.4. The fraction of sp³-hybridized carbons (Fsp3) is 0.391. The summed E-state index contributed by atoms with van der Waals surface area (Å²) in [7, 11) is 0. The van der Waals surface area contributed by atoms with Crippen molar-refractivity contribution in [2.45, 2.75) is 32.9 Å². The monoisotopic (exact) mass is 391 g/mol. The quantitative estimate of drug-likeness (QED) is 0.609. The highest BCUT2D eigenvalue weighted by atomic mass is 16.2. The number of nitrogens with one attached hydrogen (secondary N) is 2. The summed E-state index contributed by atoms with van der Waals surface area (Å²) in [6.45, 7) is 7.09. The van der Waals surface area contributed by atoms with Crippen LogP contribution >= 0.6 is 0 Å². The van der Waals surface area contributed by atoms with Crippen LogP contribution < -0.4 is 10.6 Å². The van der Waals surface area contributed by atoms with Crippen LogP contribution in [-0.2, 0) is 19.5 Å². The van der Waals surface area contributed by atoms with Crippen molar-refractivity contribution in [3.05, 3.63) is 65.5 Å². The smallest absolute Gasteiger partial charge is 0.314 e. The first-order chi connectivity index (χ1) is 14.2. The lowest BCUT2D eigenvalue weighted by Gasteiger charge is -2.28. The lowest BCUT2D eigenvalue weighted by Crippen LogP contribution is -2.42. The van der Waals surface area contributed by atoms with E-state index in [2.05, 4.69) is 55.4 Å². The van der Waals surface area contributed by atoms with Crippen LogP contribution in [-0.4, -0.2) is 46.7 Å². The lowest BCUT2D eigenvalue weighted by atomic mass is 10.00. The minimum Gasteiger partial charge on any atom is -0.338 e. The molecule has 2 aromatic carbocycles. The van der Waals surface area contributed by atoms with Gasteiger partial charge in [0.2, 0.25) is 0 Å². The number of rotatable bonds is 7. The van der Waals surface area contributed by atoms with Crippen LogP contribution in [0.3, 0.4) is 0 Å². The number of fused-ring (bicyclic) bond motifs is 2. The van der Waals surface area contributed by atoms with Gasteiger partial charge in [-0.3, -0.25) is 4.90 Å². The zero-order valence-electron chi connectivity index (χ0n) is 17.0. The standard InChI is InChI=1S/C23H29N5O/c1-18-26-21-9-4-5-10-22(21)28(18)14-6-12-24-23(29)25-13-16-27-15-11-19-7-2-3-8-20(19)17-27/h2-5,7-10H,6,11-17H2,1H3,(H2,24,25,29). The van der Waals surface area contributed by atoms with Crippen LogP contribution in [0, 0.1) is 6.92 Å². The number of aromatic nitrogens is 2. The van der Waals surface area contributed by atoms with Crippen LogP contribution in [0.1, 0.15) is 23.4 Å². The molecule has 0 fully saturated rings. The van der Waals surface area contributed by atoms with Gasteiger partial charge in [-0.2, -0.15) is 0 Å². The summed E-state index contributed by atoms with van der Waals surface area (Å²) < 4.78 is 2.21. The van der Waals surface area contributed by atoms with Crippen LogP contribution in [0.25, 0.3) is 11.0 Å². The Hall–Kier alpha value is -2.86. The predicted molar refractivity (Wildman–Crippen MR) is 116 cm³/mol. The minimum absolute atomic E-state index is 0.0883. The molecule has 6 heteroatoms. The van der Waals surface area contributed by atoms with Crippen molar-refractivity contribution in [2.75, 3.05) is 26.2 Å². The lowest BCUT2D eigenvalue weighted by molar-refractivity contribution is 0.230. The summed E-state index contributed by atoms with van der Waals surface area (Å²) in [4.78, 5) is 19.0. The molecule has 0 unspecified atom stereocenters. The Balaban J connectivity index is 1.14. The van der Waals surface area contributed by atoms with E-state index in [-0.39, 0.29) is 6.03 Å². The van der Waals surface area contributed by atoms with Crippen LogP contribution in [0.4, 0.5) is 4.79 Å². The SMILES string of the molecule is Cc1nc2ccccc2n1CCCNC(=O)NCCN1CCc2ccccc2C1. The van der Waals surface area contributed by atoms with Gasteiger partial charge < -0.3 is 15.2 Å². The molecule has 152 valence electrons. The van der Waals surface area contributed by atoms with E-state index in [0.29, 0.717) is 13.1 Å². The molecule has 1 aliphatic rings. The molecular formula is C23H29N5O. The number of nitrogens with zero attached hydrogens (tertiary/aromatic N) is 3. The number of hydrogen-bond acceptors (Lipinski definition) is 3. The Morgan fingerprint density at radius 3 is 2.66 bits per heavy atom. The molecule has 29 heavy (non-hydrogen) atoms. The van der Waals surface area contributed by atoms with Crippen molar-refractivity contribution in [3.63, 3.8) is 0 Å². The van der Waals surface area contributed by atoms with Gasteiger partial charge in [0.25, 0.3) is 0 Å². The van der Waals surface area contributed by atoms with E-state index < -0.39 is 0 Å². The molecule has 1 aromatic heterocycles. The highest BCUT2D eigenvalue weighted by Crippen LogP contribution is 2.18. The van der Waals surface area contributed by atoms with Gasteiger partial charge in [0.05, 0.1) is 11.0 Å². The molecule has 2 amide bonds. The molecule has 3 aromatic rings. The number of imidazole rings is 1.